The predicted molar refractivity (Wildman–Crippen MR) is 101 cm³/mol. The molecular formula is C17H17NO6S2. The van der Waals surface area contributed by atoms with Gasteiger partial charge < -0.3 is 14.9 Å². The summed E-state index contributed by atoms with van der Waals surface area (Å²) in [5.74, 6) is -2.63. The predicted octanol–water partition coefficient (Wildman–Crippen LogP) is 2.60. The zero-order valence-electron chi connectivity index (χ0n) is 13.9. The number of hydrogen-bond acceptors (Lipinski definition) is 6. The number of carbonyl (C=O) groups excluding carboxylic acids is 1. The van der Waals surface area contributed by atoms with Crippen LogP contribution in [0.3, 0.4) is 0 Å². The van der Waals surface area contributed by atoms with Crippen LogP contribution in [0.1, 0.15) is 25.3 Å². The number of nitrogens with zero attached hydrogens (tertiary/aromatic N) is 1. The van der Waals surface area contributed by atoms with Gasteiger partial charge in [0.25, 0.3) is 5.91 Å². The Bertz CT molecular complexity index is 759. The fourth-order valence-corrected chi connectivity index (χ4v) is 3.59. The Morgan fingerprint density at radius 3 is 2.50 bits per heavy atom. The van der Waals surface area contributed by atoms with E-state index in [4.69, 9.17) is 22.1 Å². The zero-order chi connectivity index (χ0) is 19.3. The third-order valence-corrected chi connectivity index (χ3v) is 4.77. The smallest absolute Gasteiger partial charge is 0.327 e. The molecule has 0 radical (unpaired) electrons. The molecule has 2 N–H and O–H groups in total. The summed E-state index contributed by atoms with van der Waals surface area (Å²) in [5, 5.41) is 18.1. The number of benzene rings is 1. The van der Waals surface area contributed by atoms with E-state index < -0.39 is 30.3 Å². The van der Waals surface area contributed by atoms with Crippen molar-refractivity contribution in [3.05, 3.63) is 34.7 Å². The molecule has 26 heavy (non-hydrogen) atoms. The third kappa shape index (κ3) is 4.83. The molecule has 1 aliphatic heterocycles. The number of ether oxygens (including phenoxy) is 1. The second-order valence-electron chi connectivity index (χ2n) is 5.42. The highest BCUT2D eigenvalue weighted by Gasteiger charge is 2.41. The fraction of sp³-hybridized carbons (Fsp3) is 0.294. The number of carboxylic acid groups (broad SMARTS) is 2. The van der Waals surface area contributed by atoms with Crippen LogP contribution in [0.15, 0.2) is 29.2 Å². The Balaban J connectivity index is 2.20. The lowest BCUT2D eigenvalue weighted by Crippen LogP contribution is -2.45. The molecule has 2 rings (SSSR count). The van der Waals surface area contributed by atoms with Gasteiger partial charge in [0, 0.05) is 0 Å². The standard InChI is InChI=1S/C17H17NO6S2/c1-2-7-24-11-5-3-10(4-6-11)8-13-15(21)18(17(25)26-13)12(16(22)23)9-14(19)20/h3-6,8,12H,2,7,9H2,1H3,(H,19,20)(H,22,23)/b13-8-. The van der Waals surface area contributed by atoms with E-state index >= 15 is 0 Å². The molecule has 0 aromatic heterocycles. The van der Waals surface area contributed by atoms with E-state index in [-0.39, 0.29) is 9.23 Å². The molecule has 0 bridgehead atoms. The first-order chi connectivity index (χ1) is 12.3. The minimum absolute atomic E-state index is 0.0257. The maximum Gasteiger partial charge on any atom is 0.327 e. The molecule has 1 aromatic rings. The first-order valence-corrected chi connectivity index (χ1v) is 9.00. The third-order valence-electron chi connectivity index (χ3n) is 3.44. The number of aliphatic carboxylic acids is 2. The van der Waals surface area contributed by atoms with Crippen molar-refractivity contribution in [2.24, 2.45) is 0 Å². The average Bonchev–Trinajstić information content (AvgIpc) is 2.85. The summed E-state index contributed by atoms with van der Waals surface area (Å²) >= 11 is 6.03. The number of carbonyl (C=O) groups is 3. The molecule has 1 aliphatic rings. The Labute approximate surface area is 159 Å². The van der Waals surface area contributed by atoms with Crippen molar-refractivity contribution in [1.29, 1.82) is 0 Å². The number of amides is 1. The molecule has 138 valence electrons. The van der Waals surface area contributed by atoms with Gasteiger partial charge in [-0.1, -0.05) is 43.0 Å². The SMILES string of the molecule is CCCOc1ccc(/C=C2\SC(=S)N(C(CC(=O)O)C(=O)O)C2=O)cc1. The van der Waals surface area contributed by atoms with Gasteiger partial charge in [-0.25, -0.2) is 4.79 Å². The van der Waals surface area contributed by atoms with E-state index in [0.29, 0.717) is 12.4 Å². The van der Waals surface area contributed by atoms with Gasteiger partial charge in [0.2, 0.25) is 0 Å². The molecule has 0 saturated carbocycles. The van der Waals surface area contributed by atoms with Crippen LogP contribution in [-0.2, 0) is 14.4 Å². The molecule has 1 aromatic carbocycles. The maximum absolute atomic E-state index is 12.5. The van der Waals surface area contributed by atoms with E-state index in [0.717, 1.165) is 28.6 Å². The monoisotopic (exact) mass is 395 g/mol. The Hall–Kier alpha value is -2.39. The van der Waals surface area contributed by atoms with Crippen molar-refractivity contribution in [1.82, 2.24) is 4.90 Å². The summed E-state index contributed by atoms with van der Waals surface area (Å²) in [6, 6.07) is 5.54. The lowest BCUT2D eigenvalue weighted by Gasteiger charge is -2.21. The fourth-order valence-electron chi connectivity index (χ4n) is 2.23. The molecule has 1 heterocycles. The molecule has 7 nitrogen and oxygen atoms in total. The van der Waals surface area contributed by atoms with Crippen LogP contribution in [0.25, 0.3) is 6.08 Å². The molecule has 1 amide bonds. The van der Waals surface area contributed by atoms with Gasteiger partial charge in [-0.3, -0.25) is 14.5 Å². The van der Waals surface area contributed by atoms with Gasteiger partial charge in [0.1, 0.15) is 16.1 Å². The van der Waals surface area contributed by atoms with Crippen molar-refractivity contribution in [3.8, 4) is 5.75 Å². The molecule has 0 spiro atoms. The topological polar surface area (TPSA) is 104 Å². The van der Waals surface area contributed by atoms with E-state index in [9.17, 15) is 19.5 Å². The molecular weight excluding hydrogens is 378 g/mol. The highest BCUT2D eigenvalue weighted by molar-refractivity contribution is 8.26. The van der Waals surface area contributed by atoms with Crippen LogP contribution in [0.2, 0.25) is 0 Å². The molecule has 0 aliphatic carbocycles. The molecule has 9 heteroatoms. The normalized spacial score (nSPS) is 16.8. The quantitative estimate of drug-likeness (QED) is 0.511. The minimum atomic E-state index is -1.53. The van der Waals surface area contributed by atoms with Crippen molar-refractivity contribution in [2.45, 2.75) is 25.8 Å². The van der Waals surface area contributed by atoms with E-state index in [2.05, 4.69) is 0 Å². The Morgan fingerprint density at radius 1 is 1.31 bits per heavy atom. The van der Waals surface area contributed by atoms with Gasteiger partial charge in [-0.15, -0.1) is 0 Å². The Morgan fingerprint density at radius 2 is 1.96 bits per heavy atom. The van der Waals surface area contributed by atoms with Crippen molar-refractivity contribution in [2.75, 3.05) is 6.61 Å². The number of hydrogen-bond donors (Lipinski definition) is 2. The van der Waals surface area contributed by atoms with Crippen LogP contribution in [0.5, 0.6) is 5.75 Å². The Kier molecular flexibility index (Phi) is 6.76. The van der Waals surface area contributed by atoms with Gasteiger partial charge in [-0.05, 0) is 30.2 Å². The highest BCUT2D eigenvalue weighted by atomic mass is 32.2. The largest absolute Gasteiger partial charge is 0.494 e. The van der Waals surface area contributed by atoms with Gasteiger partial charge in [0.15, 0.2) is 0 Å². The lowest BCUT2D eigenvalue weighted by molar-refractivity contribution is -0.150. The van der Waals surface area contributed by atoms with Crippen molar-refractivity contribution >= 4 is 52.2 Å². The van der Waals surface area contributed by atoms with Crippen LogP contribution >= 0.6 is 24.0 Å². The van der Waals surface area contributed by atoms with Crippen molar-refractivity contribution in [3.63, 3.8) is 0 Å². The summed E-state index contributed by atoms with van der Waals surface area (Å²) < 4.78 is 5.51. The van der Waals surface area contributed by atoms with Gasteiger partial charge in [-0.2, -0.15) is 0 Å². The summed E-state index contributed by atoms with van der Waals surface area (Å²) in [5.41, 5.74) is 0.722. The van der Waals surface area contributed by atoms with Crippen LogP contribution in [0, 0.1) is 0 Å². The average molecular weight is 395 g/mol. The number of thioether (sulfide) groups is 1. The molecule has 1 fully saturated rings. The summed E-state index contributed by atoms with van der Waals surface area (Å²) in [7, 11) is 0. The van der Waals surface area contributed by atoms with Crippen molar-refractivity contribution < 1.29 is 29.3 Å². The number of rotatable bonds is 8. The van der Waals surface area contributed by atoms with Crippen LogP contribution in [0.4, 0.5) is 0 Å². The first-order valence-electron chi connectivity index (χ1n) is 7.78. The van der Waals surface area contributed by atoms with Gasteiger partial charge >= 0.3 is 11.9 Å². The lowest BCUT2D eigenvalue weighted by atomic mass is 10.1. The maximum atomic E-state index is 12.5. The van der Waals surface area contributed by atoms with E-state index in [1.165, 1.54) is 0 Å². The van der Waals surface area contributed by atoms with Crippen LogP contribution < -0.4 is 4.74 Å². The van der Waals surface area contributed by atoms with Gasteiger partial charge in [0.05, 0.1) is 17.9 Å². The highest BCUT2D eigenvalue weighted by Crippen LogP contribution is 2.34. The molecule has 1 unspecified atom stereocenters. The molecule has 1 saturated heterocycles. The summed E-state index contributed by atoms with van der Waals surface area (Å²) in [4.78, 5) is 35.8. The zero-order valence-corrected chi connectivity index (χ0v) is 15.5. The molecule has 1 atom stereocenters. The summed E-state index contributed by atoms with van der Waals surface area (Å²) in [6.45, 7) is 2.61. The van der Waals surface area contributed by atoms with Crippen LogP contribution in [-0.4, -0.2) is 49.9 Å². The first kappa shape index (κ1) is 19.9. The minimum Gasteiger partial charge on any atom is -0.494 e. The second kappa shape index (κ2) is 8.81. The summed E-state index contributed by atoms with van der Waals surface area (Å²) in [6.07, 6.45) is 1.76. The second-order valence-corrected chi connectivity index (χ2v) is 7.10. The van der Waals surface area contributed by atoms with E-state index in [1.807, 2.05) is 6.92 Å². The van der Waals surface area contributed by atoms with E-state index in [1.54, 1.807) is 30.3 Å². The number of thiocarbonyl (C=S) groups is 1. The number of carboxylic acids is 2.